The molecule has 0 aromatic heterocycles. The molecule has 0 unspecified atom stereocenters. The Bertz CT molecular complexity index is 669. The Morgan fingerprint density at radius 1 is 0.604 bits per heavy atom. The van der Waals surface area contributed by atoms with Gasteiger partial charge in [0.2, 0.25) is 12.2 Å². The highest BCUT2D eigenvalue weighted by atomic mass is 17.2. The van der Waals surface area contributed by atoms with Gasteiger partial charge >= 0.3 is 12.1 Å². The molecule has 17 heteroatoms. The van der Waals surface area contributed by atoms with Gasteiger partial charge in [-0.2, -0.15) is 10.5 Å². The molecule has 0 aromatic carbocycles. The maximum Gasteiger partial charge on any atom is 0.450 e. The summed E-state index contributed by atoms with van der Waals surface area (Å²) in [6.07, 6.45) is 7.62. The zero-order valence-corrected chi connectivity index (χ0v) is 32.8. The minimum absolute atomic E-state index is 0.178. The van der Waals surface area contributed by atoms with Gasteiger partial charge in [-0.05, 0) is 0 Å². The largest absolute Gasteiger partial charge is 0.450 e. The van der Waals surface area contributed by atoms with Crippen LogP contribution in [0.25, 0.3) is 0 Å². The molecule has 3 N–H and O–H groups in total. The summed E-state index contributed by atoms with van der Waals surface area (Å²) in [5, 5.41) is 28.9. The van der Waals surface area contributed by atoms with Gasteiger partial charge in [-0.25, -0.2) is 38.9 Å². The second-order valence-electron chi connectivity index (χ2n) is 5.14. The normalized spacial score (nSPS) is 5.79. The number of ketones is 2. The molecular weight excluding hydrogens is 634 g/mol. The van der Waals surface area contributed by atoms with Gasteiger partial charge in [-0.15, -0.1) is 0 Å². The van der Waals surface area contributed by atoms with Crippen LogP contribution in [0.15, 0.2) is 9.98 Å². The van der Waals surface area contributed by atoms with Crippen LogP contribution in [0, 0.1) is 23.0 Å². The molecule has 0 aromatic rings. The number of amides is 1. The first-order valence-corrected chi connectivity index (χ1v) is 15.1. The van der Waals surface area contributed by atoms with Crippen LogP contribution in [0.3, 0.4) is 0 Å². The van der Waals surface area contributed by atoms with E-state index in [0.717, 1.165) is 0 Å². The van der Waals surface area contributed by atoms with E-state index in [9.17, 15) is 19.2 Å². The summed E-state index contributed by atoms with van der Waals surface area (Å²) < 4.78 is 7.69. The number of aliphatic imine (C=N–C) groups is 2. The summed E-state index contributed by atoms with van der Waals surface area (Å²) in [6, 6.07) is 0. The number of carbonyl (C=O) groups excluding carboxylic acids is 6. The van der Waals surface area contributed by atoms with E-state index >= 15 is 0 Å². The maximum atomic E-state index is 10.3. The summed E-state index contributed by atoms with van der Waals surface area (Å²) in [6.45, 7) is 25.1. The van der Waals surface area contributed by atoms with Crippen LogP contribution in [-0.4, -0.2) is 81.7 Å². The van der Waals surface area contributed by atoms with Crippen molar-refractivity contribution in [2.45, 2.75) is 122 Å². The van der Waals surface area contributed by atoms with Gasteiger partial charge in [0.05, 0.1) is 14.2 Å². The van der Waals surface area contributed by atoms with Gasteiger partial charge in [-0.1, -0.05) is 90.0 Å². The molecule has 288 valence electrons. The lowest BCUT2D eigenvalue weighted by Crippen LogP contribution is -2.20. The summed E-state index contributed by atoms with van der Waals surface area (Å²) in [7, 11) is 6.77. The number of rotatable bonds is 5. The average molecular weight is 702 g/mol. The Labute approximate surface area is 290 Å². The third kappa shape index (κ3) is 252. The third-order valence-electron chi connectivity index (χ3n) is 2.65. The Balaban J connectivity index is -0.0000000308. The number of hydrogen-bond donors (Lipinski definition) is 3. The predicted octanol–water partition coefficient (Wildman–Crippen LogP) is 7.22. The van der Waals surface area contributed by atoms with Crippen molar-refractivity contribution in [1.29, 1.82) is 10.5 Å². The molecule has 0 radical (unpaired) electrons. The fourth-order valence-electron chi connectivity index (χ4n) is 0.685. The predicted molar refractivity (Wildman–Crippen MR) is 187 cm³/mol. The fourth-order valence-corrected chi connectivity index (χ4v) is 0.685. The van der Waals surface area contributed by atoms with Crippen molar-refractivity contribution in [3.8, 4) is 12.5 Å². The summed E-state index contributed by atoms with van der Waals surface area (Å²) in [5.74, 6) is 0.105. The van der Waals surface area contributed by atoms with Gasteiger partial charge in [0.15, 0.2) is 0 Å². The van der Waals surface area contributed by atoms with E-state index in [-0.39, 0.29) is 6.42 Å². The summed E-state index contributed by atoms with van der Waals surface area (Å²) in [4.78, 5) is 72.4. The molecule has 0 saturated heterocycles. The van der Waals surface area contributed by atoms with E-state index in [1.165, 1.54) is 60.0 Å². The van der Waals surface area contributed by atoms with Crippen LogP contribution >= 0.6 is 0 Å². The highest BCUT2D eigenvalue weighted by molar-refractivity contribution is 5.77. The first-order valence-electron chi connectivity index (χ1n) is 15.1. The first kappa shape index (κ1) is 79.1. The van der Waals surface area contributed by atoms with Crippen molar-refractivity contribution in [1.82, 2.24) is 5.32 Å². The number of methoxy groups -OCH3 is 2. The number of nitriles is 2. The lowest BCUT2D eigenvalue weighted by molar-refractivity contribution is -0.231. The lowest BCUT2D eigenvalue weighted by Gasteiger charge is -1.98. The molecule has 0 aliphatic rings. The van der Waals surface area contributed by atoms with E-state index < -0.39 is 12.1 Å². The Morgan fingerprint density at radius 2 is 0.812 bits per heavy atom. The first-order chi connectivity index (χ1) is 23.0. The van der Waals surface area contributed by atoms with Gasteiger partial charge in [0.25, 0.3) is 12.5 Å². The summed E-state index contributed by atoms with van der Waals surface area (Å²) >= 11 is 0. The molecule has 0 atom stereocenters. The van der Waals surface area contributed by atoms with Gasteiger partial charge in [0.1, 0.15) is 11.6 Å². The van der Waals surface area contributed by atoms with Crippen LogP contribution in [0.2, 0.25) is 0 Å². The molecule has 0 heterocycles. The van der Waals surface area contributed by atoms with E-state index in [1.807, 2.05) is 83.1 Å². The molecule has 17 nitrogen and oxygen atoms in total. The van der Waals surface area contributed by atoms with Gasteiger partial charge in [0, 0.05) is 53.2 Å². The fraction of sp³-hybridized carbons (Fsp3) is 0.742. The molecule has 1 amide bonds. The molecule has 0 aliphatic heterocycles. The quantitative estimate of drug-likeness (QED) is 0.0840. The smallest absolute Gasteiger partial charge is 0.431 e. The Morgan fingerprint density at radius 3 is 0.896 bits per heavy atom. The topological polar surface area (TPSA) is 264 Å². The highest BCUT2D eigenvalue weighted by Crippen LogP contribution is 1.85. The van der Waals surface area contributed by atoms with E-state index in [2.05, 4.69) is 34.6 Å². The van der Waals surface area contributed by atoms with Crippen LogP contribution in [-0.2, 0) is 43.2 Å². The number of hydrogen-bond acceptors (Lipinski definition) is 16. The molecule has 0 fully saturated rings. The van der Waals surface area contributed by atoms with E-state index in [4.69, 9.17) is 30.6 Å². The third-order valence-corrected chi connectivity index (χ3v) is 2.65. The van der Waals surface area contributed by atoms with E-state index in [1.54, 1.807) is 6.92 Å². The maximum absolute atomic E-state index is 10.3. The van der Waals surface area contributed by atoms with Crippen molar-refractivity contribution in [3.05, 3.63) is 0 Å². The molecular formula is C31H67N5O12. The number of carbonyl (C=O) groups is 4. The second kappa shape index (κ2) is 133. The minimum atomic E-state index is -0.790. The number of Topliss-reactive ketones (excluding diaryl/α,β-unsaturated/α-hetero) is 2. The van der Waals surface area contributed by atoms with E-state index in [0.29, 0.717) is 37.2 Å². The van der Waals surface area contributed by atoms with Crippen LogP contribution in [0.1, 0.15) is 122 Å². The Hall–Kier alpha value is -4.66. The molecule has 0 spiro atoms. The molecule has 0 aliphatic carbocycles. The monoisotopic (exact) mass is 701 g/mol. The van der Waals surface area contributed by atoms with Crippen LogP contribution < -0.4 is 5.32 Å². The van der Waals surface area contributed by atoms with Gasteiger partial charge in [-0.3, -0.25) is 20.1 Å². The standard InChI is InChI=1S/C5H9NO4.2C5H10O.4C2H3NO.4C2H6.H2O2/c1-3-4(7)9-10-5(8)6-2;2*1-3-5(6)4-2;2*1-4-2-3;2*1-3-2-4;5*1-2/h3H2,1-2H3,(H,6,8);2*3-4H2,1-2H3;4*1H3;4*1-2H3;1-2H. The number of nitrogens with zero attached hydrogens (tertiary/aromatic N) is 4. The van der Waals surface area contributed by atoms with Crippen molar-refractivity contribution in [3.63, 3.8) is 0 Å². The van der Waals surface area contributed by atoms with Gasteiger partial charge < -0.3 is 14.8 Å². The molecule has 0 bridgehead atoms. The van der Waals surface area contributed by atoms with Crippen molar-refractivity contribution >= 4 is 35.8 Å². The molecule has 48 heavy (non-hydrogen) atoms. The van der Waals surface area contributed by atoms with Crippen LogP contribution in [0.4, 0.5) is 4.79 Å². The number of ether oxygens (including phenoxy) is 2. The molecule has 0 rings (SSSR count). The summed E-state index contributed by atoms with van der Waals surface area (Å²) in [5.41, 5.74) is 0. The Kier molecular flexibility index (Phi) is 219. The average Bonchev–Trinajstić information content (AvgIpc) is 3.20. The SMILES string of the molecule is CC.CC.CC.CC.CCC(=O)CC.CCC(=O)CC.CCC(=O)OOC(=O)NC.CN=C=O.CN=C=O.COC#N.COC#N.OO. The zero-order valence-electron chi connectivity index (χ0n) is 32.8. The zero-order chi connectivity index (χ0) is 41.6. The lowest BCUT2D eigenvalue weighted by atomic mass is 10.3. The van der Waals surface area contributed by atoms with Crippen LogP contribution in [0.5, 0.6) is 0 Å². The molecule has 0 saturated carbocycles. The minimum Gasteiger partial charge on any atom is -0.431 e. The number of isocyanates is 2. The van der Waals surface area contributed by atoms with Crippen molar-refractivity contribution in [2.75, 3.05) is 35.4 Å². The van der Waals surface area contributed by atoms with Crippen molar-refractivity contribution in [2.24, 2.45) is 9.98 Å². The van der Waals surface area contributed by atoms with Crippen molar-refractivity contribution < 1.29 is 58.5 Å². The number of nitrogens with one attached hydrogen (secondary N) is 1. The highest BCUT2D eigenvalue weighted by Gasteiger charge is 2.03. The second-order valence-corrected chi connectivity index (χ2v) is 5.14.